The van der Waals surface area contributed by atoms with Crippen molar-refractivity contribution in [3.63, 3.8) is 0 Å². The molecule has 0 atom stereocenters. The van der Waals surface area contributed by atoms with Gasteiger partial charge in [-0.1, -0.05) is 6.07 Å². The molecule has 1 aromatic heterocycles. The fraction of sp³-hybridized carbons (Fsp3) is 0.0625. The molecule has 2 aromatic carbocycles. The summed E-state index contributed by atoms with van der Waals surface area (Å²) < 4.78 is 15.6. The summed E-state index contributed by atoms with van der Waals surface area (Å²) in [6.07, 6.45) is 0. The van der Waals surface area contributed by atoms with Gasteiger partial charge >= 0.3 is 5.97 Å². The van der Waals surface area contributed by atoms with E-state index in [1.54, 1.807) is 24.3 Å². The number of rotatable bonds is 4. The molecule has 0 radical (unpaired) electrons. The van der Waals surface area contributed by atoms with Crippen LogP contribution in [0.1, 0.15) is 10.4 Å². The van der Waals surface area contributed by atoms with E-state index in [2.05, 4.69) is 0 Å². The minimum Gasteiger partial charge on any atom is -0.468 e. The van der Waals surface area contributed by atoms with Crippen molar-refractivity contribution in [3.8, 4) is 11.7 Å². The molecule has 1 heterocycles. The summed E-state index contributed by atoms with van der Waals surface area (Å²) in [7, 11) is 1.46. The van der Waals surface area contributed by atoms with E-state index in [-0.39, 0.29) is 17.4 Å². The number of nitro groups is 1. The lowest BCUT2D eigenvalue weighted by Crippen LogP contribution is -2.08. The van der Waals surface area contributed by atoms with Gasteiger partial charge in [0.05, 0.1) is 17.6 Å². The van der Waals surface area contributed by atoms with Crippen molar-refractivity contribution in [2.45, 2.75) is 0 Å². The summed E-state index contributed by atoms with van der Waals surface area (Å²) in [6, 6.07) is 11.8. The molecule has 0 N–H and O–H groups in total. The number of hydrogen-bond acceptors (Lipinski definition) is 6. The van der Waals surface area contributed by atoms with E-state index >= 15 is 0 Å². The number of carbonyl (C=O) groups excluding carboxylic acids is 1. The van der Waals surface area contributed by atoms with Gasteiger partial charge in [-0.25, -0.2) is 4.79 Å². The van der Waals surface area contributed by atoms with Crippen molar-refractivity contribution in [2.24, 2.45) is 0 Å². The average Bonchev–Trinajstić information content (AvgIpc) is 2.98. The Bertz CT molecular complexity index is 881. The Morgan fingerprint density at radius 2 is 1.91 bits per heavy atom. The standard InChI is InChI=1S/C16H11NO6/c1-21-15-9-13-12(3-2-4-14(13)23-15)16(18)22-11-7-5-10(6-8-11)17(19)20/h2-9H,1H3. The molecule has 7 heteroatoms. The third kappa shape index (κ3) is 2.84. The third-order valence-corrected chi connectivity index (χ3v) is 3.22. The van der Waals surface area contributed by atoms with Gasteiger partial charge in [0.15, 0.2) is 0 Å². The molecular formula is C16H11NO6. The van der Waals surface area contributed by atoms with Crippen LogP contribution in [0, 0.1) is 10.1 Å². The van der Waals surface area contributed by atoms with E-state index < -0.39 is 10.9 Å². The van der Waals surface area contributed by atoms with Gasteiger partial charge in [-0.2, -0.15) is 0 Å². The molecule has 116 valence electrons. The second-order valence-corrected chi connectivity index (χ2v) is 4.63. The van der Waals surface area contributed by atoms with Crippen LogP contribution in [-0.2, 0) is 0 Å². The Kier molecular flexibility index (Phi) is 3.68. The van der Waals surface area contributed by atoms with Crippen molar-refractivity contribution in [3.05, 3.63) is 64.2 Å². The summed E-state index contributed by atoms with van der Waals surface area (Å²) in [5.74, 6) is -0.0865. The Balaban J connectivity index is 1.88. The molecule has 0 aliphatic carbocycles. The number of fused-ring (bicyclic) bond motifs is 1. The number of esters is 1. The van der Waals surface area contributed by atoms with Crippen LogP contribution in [-0.4, -0.2) is 18.0 Å². The highest BCUT2D eigenvalue weighted by Gasteiger charge is 2.16. The molecule has 0 aliphatic rings. The number of carbonyl (C=O) groups is 1. The minimum absolute atomic E-state index is 0.0773. The predicted octanol–water partition coefficient (Wildman–Crippen LogP) is 3.57. The maximum absolute atomic E-state index is 12.3. The van der Waals surface area contributed by atoms with E-state index in [1.807, 2.05) is 0 Å². The van der Waals surface area contributed by atoms with Gasteiger partial charge in [0.25, 0.3) is 11.6 Å². The van der Waals surface area contributed by atoms with Gasteiger partial charge in [0.2, 0.25) is 0 Å². The second kappa shape index (κ2) is 5.80. The molecule has 3 rings (SSSR count). The smallest absolute Gasteiger partial charge is 0.344 e. The predicted molar refractivity (Wildman–Crippen MR) is 80.8 cm³/mol. The Labute approximate surface area is 130 Å². The van der Waals surface area contributed by atoms with Gasteiger partial charge in [-0.05, 0) is 24.3 Å². The molecular weight excluding hydrogens is 302 g/mol. The number of furan rings is 1. The van der Waals surface area contributed by atoms with Gasteiger partial charge in [0.1, 0.15) is 11.3 Å². The number of nitrogens with zero attached hydrogens (tertiary/aromatic N) is 1. The molecule has 0 spiro atoms. The van der Waals surface area contributed by atoms with Crippen molar-refractivity contribution in [2.75, 3.05) is 7.11 Å². The Morgan fingerprint density at radius 1 is 1.17 bits per heavy atom. The van der Waals surface area contributed by atoms with E-state index in [0.717, 1.165) is 0 Å². The third-order valence-electron chi connectivity index (χ3n) is 3.22. The SMILES string of the molecule is COc1cc2c(C(=O)Oc3ccc([N+](=O)[O-])cc3)cccc2o1. The molecule has 0 bridgehead atoms. The highest BCUT2D eigenvalue weighted by atomic mass is 16.6. The van der Waals surface area contributed by atoms with E-state index in [9.17, 15) is 14.9 Å². The van der Waals surface area contributed by atoms with Gasteiger partial charge in [-0.3, -0.25) is 10.1 Å². The largest absolute Gasteiger partial charge is 0.468 e. The summed E-state index contributed by atoms with van der Waals surface area (Å²) in [6.45, 7) is 0. The van der Waals surface area contributed by atoms with Crippen LogP contribution in [0.3, 0.4) is 0 Å². The first-order valence-corrected chi connectivity index (χ1v) is 6.61. The van der Waals surface area contributed by atoms with Crippen molar-refractivity contribution >= 4 is 22.6 Å². The minimum atomic E-state index is -0.590. The van der Waals surface area contributed by atoms with E-state index in [4.69, 9.17) is 13.9 Å². The van der Waals surface area contributed by atoms with Gasteiger partial charge < -0.3 is 13.9 Å². The molecule has 3 aromatic rings. The lowest BCUT2D eigenvalue weighted by Gasteiger charge is -2.04. The Hall–Kier alpha value is -3.35. The summed E-state index contributed by atoms with van der Waals surface area (Å²) in [4.78, 5) is 22.4. The maximum Gasteiger partial charge on any atom is 0.344 e. The number of methoxy groups -OCH3 is 1. The second-order valence-electron chi connectivity index (χ2n) is 4.63. The highest BCUT2D eigenvalue weighted by Crippen LogP contribution is 2.28. The molecule has 0 saturated heterocycles. The zero-order chi connectivity index (χ0) is 16.4. The number of nitro benzene ring substituents is 1. The first-order chi connectivity index (χ1) is 11.1. The zero-order valence-electron chi connectivity index (χ0n) is 12.0. The van der Waals surface area contributed by atoms with Crippen LogP contribution in [0.2, 0.25) is 0 Å². The summed E-state index contributed by atoms with van der Waals surface area (Å²) in [5.41, 5.74) is 0.736. The number of ether oxygens (including phenoxy) is 2. The van der Waals surface area contributed by atoms with Crippen LogP contribution in [0.5, 0.6) is 11.7 Å². The fourth-order valence-electron chi connectivity index (χ4n) is 2.11. The van der Waals surface area contributed by atoms with Crippen LogP contribution < -0.4 is 9.47 Å². The van der Waals surface area contributed by atoms with Crippen LogP contribution in [0.4, 0.5) is 5.69 Å². The molecule has 7 nitrogen and oxygen atoms in total. The van der Waals surface area contributed by atoms with Gasteiger partial charge in [-0.15, -0.1) is 0 Å². The van der Waals surface area contributed by atoms with Crippen LogP contribution in [0.25, 0.3) is 11.0 Å². The first-order valence-electron chi connectivity index (χ1n) is 6.61. The van der Waals surface area contributed by atoms with Crippen molar-refractivity contribution < 1.29 is 23.6 Å². The lowest BCUT2D eigenvalue weighted by molar-refractivity contribution is -0.384. The zero-order valence-corrected chi connectivity index (χ0v) is 12.0. The van der Waals surface area contributed by atoms with Gasteiger partial charge in [0, 0.05) is 23.6 Å². The first kappa shape index (κ1) is 14.6. The van der Waals surface area contributed by atoms with E-state index in [0.29, 0.717) is 16.5 Å². The number of benzene rings is 2. The monoisotopic (exact) mass is 313 g/mol. The topological polar surface area (TPSA) is 91.8 Å². The van der Waals surface area contributed by atoms with Crippen molar-refractivity contribution in [1.82, 2.24) is 0 Å². The molecule has 23 heavy (non-hydrogen) atoms. The molecule has 0 fully saturated rings. The molecule has 0 amide bonds. The lowest BCUT2D eigenvalue weighted by atomic mass is 10.1. The maximum atomic E-state index is 12.3. The average molecular weight is 313 g/mol. The summed E-state index contributed by atoms with van der Waals surface area (Å²) >= 11 is 0. The highest BCUT2D eigenvalue weighted by molar-refractivity contribution is 6.04. The number of non-ortho nitro benzene ring substituents is 1. The fourth-order valence-corrected chi connectivity index (χ4v) is 2.11. The molecule has 0 saturated carbocycles. The summed E-state index contributed by atoms with van der Waals surface area (Å²) in [5, 5.41) is 11.2. The normalized spacial score (nSPS) is 10.5. The van der Waals surface area contributed by atoms with E-state index in [1.165, 1.54) is 31.4 Å². The van der Waals surface area contributed by atoms with Crippen LogP contribution in [0.15, 0.2) is 52.9 Å². The molecule has 0 aliphatic heterocycles. The van der Waals surface area contributed by atoms with Crippen molar-refractivity contribution in [1.29, 1.82) is 0 Å². The van der Waals surface area contributed by atoms with Crippen LogP contribution >= 0.6 is 0 Å². The number of hydrogen-bond donors (Lipinski definition) is 0. The molecule has 0 unspecified atom stereocenters. The quantitative estimate of drug-likeness (QED) is 0.316. The Morgan fingerprint density at radius 3 is 2.57 bits per heavy atom.